The molecule has 5 nitrogen and oxygen atoms in total. The number of benzene rings is 1. The zero-order valence-electron chi connectivity index (χ0n) is 14.3. The molecule has 0 aliphatic carbocycles. The normalized spacial score (nSPS) is 12.0. The molecule has 3 heterocycles. The van der Waals surface area contributed by atoms with Crippen molar-refractivity contribution in [3.05, 3.63) is 102 Å². The summed E-state index contributed by atoms with van der Waals surface area (Å²) in [6.45, 7) is 2.04. The first kappa shape index (κ1) is 16.0. The van der Waals surface area contributed by atoms with E-state index in [2.05, 4.69) is 15.4 Å². The van der Waals surface area contributed by atoms with Crippen LogP contribution < -0.4 is 5.32 Å². The molecule has 0 radical (unpaired) electrons. The van der Waals surface area contributed by atoms with Gasteiger partial charge in [-0.1, -0.05) is 35.9 Å². The van der Waals surface area contributed by atoms with Gasteiger partial charge in [-0.25, -0.2) is 4.52 Å². The van der Waals surface area contributed by atoms with Crippen molar-refractivity contribution >= 4 is 11.4 Å². The molecule has 0 aliphatic heterocycles. The van der Waals surface area contributed by atoms with Crippen molar-refractivity contribution in [2.24, 2.45) is 0 Å². The highest BCUT2D eigenvalue weighted by Crippen LogP contribution is 2.22. The van der Waals surface area contributed by atoms with Gasteiger partial charge in [-0.05, 0) is 48.4 Å². The number of amides is 1. The SMILES string of the molecule is Cc1ccc([C@@H](NC(=O)c2cccc3ccnn23)c2ccncc2)cc1. The van der Waals surface area contributed by atoms with E-state index in [4.69, 9.17) is 0 Å². The Balaban J connectivity index is 1.72. The number of aryl methyl sites for hydroxylation is 1. The van der Waals surface area contributed by atoms with Crippen LogP contribution in [0.5, 0.6) is 0 Å². The van der Waals surface area contributed by atoms with Gasteiger partial charge in [-0.2, -0.15) is 5.10 Å². The number of carbonyl (C=O) groups excluding carboxylic acids is 1. The van der Waals surface area contributed by atoms with E-state index < -0.39 is 0 Å². The van der Waals surface area contributed by atoms with Crippen molar-refractivity contribution < 1.29 is 4.79 Å². The van der Waals surface area contributed by atoms with Crippen LogP contribution in [0.1, 0.15) is 33.2 Å². The molecule has 1 atom stereocenters. The zero-order valence-corrected chi connectivity index (χ0v) is 14.3. The Morgan fingerprint density at radius 2 is 1.65 bits per heavy atom. The molecular weight excluding hydrogens is 324 g/mol. The van der Waals surface area contributed by atoms with Crippen molar-refractivity contribution in [2.45, 2.75) is 13.0 Å². The fourth-order valence-corrected chi connectivity index (χ4v) is 3.00. The number of carbonyl (C=O) groups is 1. The van der Waals surface area contributed by atoms with Crippen molar-refractivity contribution in [3.63, 3.8) is 0 Å². The summed E-state index contributed by atoms with van der Waals surface area (Å²) in [7, 11) is 0. The molecule has 0 aliphatic rings. The van der Waals surface area contributed by atoms with E-state index in [1.165, 1.54) is 5.56 Å². The van der Waals surface area contributed by atoms with Gasteiger partial charge in [-0.15, -0.1) is 0 Å². The fourth-order valence-electron chi connectivity index (χ4n) is 3.00. The standard InChI is InChI=1S/C21H18N4O/c1-15-5-7-16(8-6-15)20(17-9-12-22-13-10-17)24-21(26)19-4-2-3-18-11-14-23-25(18)19/h2-14,20H,1H3,(H,24,26)/t20-/m1/s1. The number of pyridine rings is 2. The summed E-state index contributed by atoms with van der Waals surface area (Å²) in [5, 5.41) is 7.39. The molecule has 4 rings (SSSR count). The van der Waals surface area contributed by atoms with E-state index in [-0.39, 0.29) is 11.9 Å². The first-order valence-electron chi connectivity index (χ1n) is 8.42. The summed E-state index contributed by atoms with van der Waals surface area (Å²) in [5.74, 6) is -0.179. The van der Waals surface area contributed by atoms with E-state index >= 15 is 0 Å². The molecular formula is C21H18N4O. The molecule has 3 aromatic heterocycles. The van der Waals surface area contributed by atoms with Crippen LogP contribution in [0.4, 0.5) is 0 Å². The minimum atomic E-state index is -0.267. The van der Waals surface area contributed by atoms with Crippen LogP contribution in [0.3, 0.4) is 0 Å². The average molecular weight is 342 g/mol. The van der Waals surface area contributed by atoms with Gasteiger partial charge in [0.15, 0.2) is 0 Å². The Labute approximate surface area is 151 Å². The number of fused-ring (bicyclic) bond motifs is 1. The Bertz CT molecular complexity index is 1040. The lowest BCUT2D eigenvalue weighted by atomic mass is 9.98. The molecule has 1 amide bonds. The van der Waals surface area contributed by atoms with Gasteiger partial charge in [-0.3, -0.25) is 9.78 Å². The van der Waals surface area contributed by atoms with E-state index in [0.29, 0.717) is 5.69 Å². The Hall–Kier alpha value is -3.47. The topological polar surface area (TPSA) is 59.3 Å². The lowest BCUT2D eigenvalue weighted by Crippen LogP contribution is -2.30. The van der Waals surface area contributed by atoms with Crippen LogP contribution in [-0.4, -0.2) is 20.5 Å². The van der Waals surface area contributed by atoms with Crippen LogP contribution >= 0.6 is 0 Å². The Morgan fingerprint density at radius 1 is 0.923 bits per heavy atom. The number of aromatic nitrogens is 3. The maximum atomic E-state index is 13.0. The quantitative estimate of drug-likeness (QED) is 0.617. The second-order valence-corrected chi connectivity index (χ2v) is 6.18. The van der Waals surface area contributed by atoms with Gasteiger partial charge in [0.1, 0.15) is 5.69 Å². The van der Waals surface area contributed by atoms with Crippen LogP contribution in [0, 0.1) is 6.92 Å². The van der Waals surface area contributed by atoms with Crippen molar-refractivity contribution in [2.75, 3.05) is 0 Å². The van der Waals surface area contributed by atoms with Gasteiger partial charge in [0.25, 0.3) is 5.91 Å². The summed E-state index contributed by atoms with van der Waals surface area (Å²) in [6.07, 6.45) is 5.15. The Kier molecular flexibility index (Phi) is 4.19. The van der Waals surface area contributed by atoms with Gasteiger partial charge >= 0.3 is 0 Å². The lowest BCUT2D eigenvalue weighted by molar-refractivity contribution is 0.0935. The third-order valence-corrected chi connectivity index (χ3v) is 4.38. The predicted molar refractivity (Wildman–Crippen MR) is 99.9 cm³/mol. The lowest BCUT2D eigenvalue weighted by Gasteiger charge is -2.20. The molecule has 26 heavy (non-hydrogen) atoms. The van der Waals surface area contributed by atoms with E-state index in [1.807, 2.05) is 61.5 Å². The second-order valence-electron chi connectivity index (χ2n) is 6.18. The summed E-state index contributed by atoms with van der Waals surface area (Å²) in [6, 6.07) is 19.2. The third-order valence-electron chi connectivity index (χ3n) is 4.38. The molecule has 5 heteroatoms. The molecule has 0 unspecified atom stereocenters. The number of nitrogens with one attached hydrogen (secondary N) is 1. The summed E-state index contributed by atoms with van der Waals surface area (Å²) in [5.41, 5.74) is 4.55. The molecule has 1 aromatic carbocycles. The number of nitrogens with zero attached hydrogens (tertiary/aromatic N) is 3. The smallest absolute Gasteiger partial charge is 0.270 e. The third kappa shape index (κ3) is 3.07. The van der Waals surface area contributed by atoms with Crippen LogP contribution in [0.2, 0.25) is 0 Å². The van der Waals surface area contributed by atoms with Gasteiger partial charge in [0, 0.05) is 12.4 Å². The monoisotopic (exact) mass is 342 g/mol. The van der Waals surface area contributed by atoms with Gasteiger partial charge in [0.2, 0.25) is 0 Å². The zero-order chi connectivity index (χ0) is 17.9. The first-order chi connectivity index (χ1) is 12.7. The van der Waals surface area contributed by atoms with Crippen molar-refractivity contribution in [3.8, 4) is 0 Å². The molecule has 0 saturated carbocycles. The van der Waals surface area contributed by atoms with Crippen molar-refractivity contribution in [1.82, 2.24) is 19.9 Å². The van der Waals surface area contributed by atoms with Crippen LogP contribution in [0.15, 0.2) is 79.3 Å². The number of rotatable bonds is 4. The highest BCUT2D eigenvalue weighted by Gasteiger charge is 2.19. The summed E-state index contributed by atoms with van der Waals surface area (Å²) >= 11 is 0. The van der Waals surface area contributed by atoms with Crippen molar-refractivity contribution in [1.29, 1.82) is 0 Å². The second kappa shape index (κ2) is 6.80. The Morgan fingerprint density at radius 3 is 2.42 bits per heavy atom. The van der Waals surface area contributed by atoms with E-state index in [9.17, 15) is 4.79 Å². The fraction of sp³-hybridized carbons (Fsp3) is 0.0952. The number of hydrogen-bond donors (Lipinski definition) is 1. The van der Waals surface area contributed by atoms with Crippen LogP contribution in [-0.2, 0) is 0 Å². The molecule has 0 saturated heterocycles. The first-order valence-corrected chi connectivity index (χ1v) is 8.42. The maximum Gasteiger partial charge on any atom is 0.270 e. The molecule has 1 N–H and O–H groups in total. The summed E-state index contributed by atoms with van der Waals surface area (Å²) < 4.78 is 1.65. The molecule has 128 valence electrons. The van der Waals surface area contributed by atoms with Crippen LogP contribution in [0.25, 0.3) is 5.52 Å². The average Bonchev–Trinajstić information content (AvgIpc) is 3.16. The molecule has 4 aromatic rings. The van der Waals surface area contributed by atoms with E-state index in [1.54, 1.807) is 29.2 Å². The van der Waals surface area contributed by atoms with Gasteiger partial charge < -0.3 is 5.32 Å². The predicted octanol–water partition coefficient (Wildman–Crippen LogP) is 3.56. The largest absolute Gasteiger partial charge is 0.340 e. The molecule has 0 spiro atoms. The summed E-state index contributed by atoms with van der Waals surface area (Å²) in [4.78, 5) is 17.1. The minimum Gasteiger partial charge on any atom is -0.340 e. The minimum absolute atomic E-state index is 0.179. The maximum absolute atomic E-state index is 13.0. The molecule has 0 fully saturated rings. The number of hydrogen-bond acceptors (Lipinski definition) is 3. The molecule has 0 bridgehead atoms. The van der Waals surface area contributed by atoms with Gasteiger partial charge in [0.05, 0.1) is 17.8 Å². The van der Waals surface area contributed by atoms with E-state index in [0.717, 1.165) is 16.6 Å². The highest BCUT2D eigenvalue weighted by atomic mass is 16.2. The highest BCUT2D eigenvalue weighted by molar-refractivity contribution is 5.93.